The van der Waals surface area contributed by atoms with E-state index in [9.17, 15) is 0 Å². The van der Waals surface area contributed by atoms with Crippen LogP contribution in [0.2, 0.25) is 0 Å². The number of aromatic nitrogens is 4. The maximum Gasteiger partial charge on any atom is 0.224 e. The van der Waals surface area contributed by atoms with Crippen molar-refractivity contribution in [3.63, 3.8) is 0 Å². The summed E-state index contributed by atoms with van der Waals surface area (Å²) in [6, 6.07) is 0. The van der Waals surface area contributed by atoms with E-state index in [0.29, 0.717) is 5.65 Å². The highest BCUT2D eigenvalue weighted by atomic mass is 15.2. The fraction of sp³-hybridized carbons (Fsp3) is 0.364. The lowest BCUT2D eigenvalue weighted by Gasteiger charge is -2.21. The van der Waals surface area contributed by atoms with Gasteiger partial charge in [-0.2, -0.15) is 9.97 Å². The minimum Gasteiger partial charge on any atom is -0.368 e. The Morgan fingerprint density at radius 3 is 3.06 bits per heavy atom. The van der Waals surface area contributed by atoms with Crippen LogP contribution >= 0.6 is 0 Å². The average Bonchev–Trinajstić information content (AvgIpc) is 2.75. The third-order valence-electron chi connectivity index (χ3n) is 2.43. The van der Waals surface area contributed by atoms with Gasteiger partial charge in [-0.25, -0.2) is 4.98 Å². The Bertz CT molecular complexity index is 518. The number of rotatable bonds is 5. The number of hydrogen-bond acceptors (Lipinski definition) is 5. The fourth-order valence-electron chi connectivity index (χ4n) is 1.77. The van der Waals surface area contributed by atoms with Crippen molar-refractivity contribution in [3.05, 3.63) is 19.0 Å². The molecule has 2 heterocycles. The second kappa shape index (κ2) is 4.82. The molecular weight excluding hydrogens is 216 g/mol. The number of nitrogens with two attached hydrogens (primary N) is 1. The molecule has 2 aromatic heterocycles. The molecule has 0 saturated carbocycles. The van der Waals surface area contributed by atoms with Crippen molar-refractivity contribution in [3.8, 4) is 0 Å². The Hall–Kier alpha value is -2.11. The minimum absolute atomic E-state index is 0.241. The summed E-state index contributed by atoms with van der Waals surface area (Å²) in [6.45, 7) is 7.48. The maximum atomic E-state index is 5.69. The summed E-state index contributed by atoms with van der Waals surface area (Å²) in [5.41, 5.74) is 7.09. The summed E-state index contributed by atoms with van der Waals surface area (Å²) >= 11 is 0. The van der Waals surface area contributed by atoms with Crippen molar-refractivity contribution in [1.82, 2.24) is 19.9 Å². The number of nitrogens with one attached hydrogen (secondary N) is 1. The van der Waals surface area contributed by atoms with Crippen LogP contribution in [0.4, 0.5) is 11.8 Å². The molecule has 0 saturated heterocycles. The van der Waals surface area contributed by atoms with Crippen molar-refractivity contribution < 1.29 is 0 Å². The summed E-state index contributed by atoms with van der Waals surface area (Å²) < 4.78 is 0. The van der Waals surface area contributed by atoms with Crippen molar-refractivity contribution in [2.45, 2.75) is 13.3 Å². The van der Waals surface area contributed by atoms with Crippen LogP contribution < -0.4 is 10.6 Å². The molecule has 0 aliphatic heterocycles. The molecule has 0 aliphatic carbocycles. The Balaban J connectivity index is 2.50. The third kappa shape index (κ3) is 2.20. The zero-order valence-corrected chi connectivity index (χ0v) is 9.85. The first-order chi connectivity index (χ1) is 8.26. The number of fused-ring (bicyclic) bond motifs is 1. The molecule has 0 atom stereocenters. The van der Waals surface area contributed by atoms with Gasteiger partial charge in [0.2, 0.25) is 5.95 Å². The van der Waals surface area contributed by atoms with E-state index in [2.05, 4.69) is 38.3 Å². The Morgan fingerprint density at radius 1 is 1.53 bits per heavy atom. The lowest BCUT2D eigenvalue weighted by Crippen LogP contribution is -2.25. The molecule has 0 aromatic carbocycles. The Labute approximate surface area is 99.6 Å². The van der Waals surface area contributed by atoms with Gasteiger partial charge < -0.3 is 15.6 Å². The van der Waals surface area contributed by atoms with E-state index in [0.717, 1.165) is 30.8 Å². The van der Waals surface area contributed by atoms with E-state index in [1.54, 1.807) is 6.33 Å². The molecule has 3 N–H and O–H groups in total. The molecule has 2 aromatic rings. The monoisotopic (exact) mass is 232 g/mol. The van der Waals surface area contributed by atoms with Crippen LogP contribution in [0.1, 0.15) is 13.3 Å². The van der Waals surface area contributed by atoms with Gasteiger partial charge in [-0.1, -0.05) is 13.0 Å². The van der Waals surface area contributed by atoms with Gasteiger partial charge in [0, 0.05) is 13.1 Å². The first-order valence-corrected chi connectivity index (χ1v) is 5.58. The largest absolute Gasteiger partial charge is 0.368 e. The van der Waals surface area contributed by atoms with Crippen LogP contribution in [0, 0.1) is 0 Å². The highest BCUT2D eigenvalue weighted by Crippen LogP contribution is 2.21. The fourth-order valence-corrected chi connectivity index (χ4v) is 1.77. The molecule has 0 aliphatic rings. The lowest BCUT2D eigenvalue weighted by molar-refractivity contribution is 0.805. The van der Waals surface area contributed by atoms with E-state index < -0.39 is 0 Å². The quantitative estimate of drug-likeness (QED) is 0.760. The molecule has 0 unspecified atom stereocenters. The predicted molar refractivity (Wildman–Crippen MR) is 68.8 cm³/mol. The van der Waals surface area contributed by atoms with Crippen LogP contribution in [-0.2, 0) is 0 Å². The molecule has 6 heteroatoms. The molecule has 6 nitrogen and oxygen atoms in total. The first kappa shape index (κ1) is 11.4. The SMILES string of the molecule is C=CCN(CCC)c1nc(N)nc2nc[nH]c12. The number of hydrogen-bond donors (Lipinski definition) is 2. The van der Waals surface area contributed by atoms with Crippen molar-refractivity contribution >= 4 is 22.9 Å². The normalized spacial score (nSPS) is 10.6. The first-order valence-electron chi connectivity index (χ1n) is 5.58. The molecule has 17 heavy (non-hydrogen) atoms. The van der Waals surface area contributed by atoms with E-state index in [4.69, 9.17) is 5.73 Å². The number of imidazole rings is 1. The standard InChI is InChI=1S/C11H16N6/c1-3-5-17(6-4-2)10-8-9(14-7-13-8)15-11(12)16-10/h3,7H,1,4-6H2,2H3,(H3,12,13,14,15,16). The van der Waals surface area contributed by atoms with Crippen LogP contribution in [0.5, 0.6) is 0 Å². The lowest BCUT2D eigenvalue weighted by atomic mass is 10.3. The van der Waals surface area contributed by atoms with E-state index in [1.165, 1.54) is 0 Å². The summed E-state index contributed by atoms with van der Waals surface area (Å²) in [5, 5.41) is 0. The number of H-pyrrole nitrogens is 1. The Kier molecular flexibility index (Phi) is 3.22. The van der Waals surface area contributed by atoms with Gasteiger partial charge in [0.1, 0.15) is 5.52 Å². The van der Waals surface area contributed by atoms with Gasteiger partial charge in [-0.3, -0.25) is 0 Å². The van der Waals surface area contributed by atoms with Crippen molar-refractivity contribution in [2.24, 2.45) is 0 Å². The van der Waals surface area contributed by atoms with E-state index in [1.807, 2.05) is 6.08 Å². The molecule has 0 amide bonds. The van der Waals surface area contributed by atoms with Crippen LogP contribution in [-0.4, -0.2) is 33.0 Å². The molecule has 0 bridgehead atoms. The molecule has 0 spiro atoms. The number of nitrogens with zero attached hydrogens (tertiary/aromatic N) is 4. The van der Waals surface area contributed by atoms with Crippen LogP contribution in [0.15, 0.2) is 19.0 Å². The second-order valence-electron chi connectivity index (χ2n) is 3.74. The molecular formula is C11H16N6. The van der Waals surface area contributed by atoms with E-state index >= 15 is 0 Å². The minimum atomic E-state index is 0.241. The average molecular weight is 232 g/mol. The second-order valence-corrected chi connectivity index (χ2v) is 3.74. The van der Waals surface area contributed by atoms with Gasteiger partial charge in [0.25, 0.3) is 0 Å². The zero-order valence-electron chi connectivity index (χ0n) is 9.85. The van der Waals surface area contributed by atoms with Gasteiger partial charge in [0.05, 0.1) is 6.33 Å². The number of anilines is 2. The molecule has 90 valence electrons. The Morgan fingerprint density at radius 2 is 2.35 bits per heavy atom. The number of aromatic amines is 1. The molecule has 0 fully saturated rings. The molecule has 2 rings (SSSR count). The third-order valence-corrected chi connectivity index (χ3v) is 2.43. The van der Waals surface area contributed by atoms with Crippen molar-refractivity contribution in [1.29, 1.82) is 0 Å². The van der Waals surface area contributed by atoms with Gasteiger partial charge in [-0.05, 0) is 6.42 Å². The van der Waals surface area contributed by atoms with E-state index in [-0.39, 0.29) is 5.95 Å². The smallest absolute Gasteiger partial charge is 0.224 e. The predicted octanol–water partition coefficient (Wildman–Crippen LogP) is 1.34. The summed E-state index contributed by atoms with van der Waals surface area (Å²) in [7, 11) is 0. The highest BCUT2D eigenvalue weighted by Gasteiger charge is 2.13. The maximum absolute atomic E-state index is 5.69. The zero-order chi connectivity index (χ0) is 12.3. The summed E-state index contributed by atoms with van der Waals surface area (Å²) in [4.78, 5) is 17.6. The summed E-state index contributed by atoms with van der Waals surface area (Å²) in [5.74, 6) is 1.02. The van der Waals surface area contributed by atoms with Crippen LogP contribution in [0.25, 0.3) is 11.2 Å². The molecule has 0 radical (unpaired) electrons. The highest BCUT2D eigenvalue weighted by molar-refractivity contribution is 5.84. The van der Waals surface area contributed by atoms with Crippen molar-refractivity contribution in [2.75, 3.05) is 23.7 Å². The van der Waals surface area contributed by atoms with Crippen LogP contribution in [0.3, 0.4) is 0 Å². The number of nitrogen functional groups attached to an aromatic ring is 1. The van der Waals surface area contributed by atoms with Gasteiger partial charge in [0.15, 0.2) is 11.5 Å². The van der Waals surface area contributed by atoms with Gasteiger partial charge >= 0.3 is 0 Å². The topological polar surface area (TPSA) is 83.7 Å². The van der Waals surface area contributed by atoms with Gasteiger partial charge in [-0.15, -0.1) is 6.58 Å². The summed E-state index contributed by atoms with van der Waals surface area (Å²) in [6.07, 6.45) is 4.46.